The summed E-state index contributed by atoms with van der Waals surface area (Å²) in [4.78, 5) is 1.96. The Balaban J connectivity index is 2.66. The highest BCUT2D eigenvalue weighted by molar-refractivity contribution is 7.93. The van der Waals surface area contributed by atoms with Crippen LogP contribution < -0.4 is 5.73 Å². The molecule has 1 aliphatic rings. The average Bonchev–Trinajstić information content (AvgIpc) is 2.36. The molecule has 0 amide bonds. The first-order valence-corrected chi connectivity index (χ1v) is 10.3. The first-order chi connectivity index (χ1) is 9.36. The maximum Gasteiger partial charge on any atom is 0.215 e. The summed E-state index contributed by atoms with van der Waals surface area (Å²) < 4.78 is 47.7. The third-order valence-electron chi connectivity index (χ3n) is 3.79. The van der Waals surface area contributed by atoms with Crippen molar-refractivity contribution in [1.29, 1.82) is 5.41 Å². The summed E-state index contributed by atoms with van der Waals surface area (Å²) in [5.41, 5.74) is 4.95. The topological polar surface area (TPSA) is 125 Å². The normalized spacial score (nSPS) is 19.6. The van der Waals surface area contributed by atoms with Gasteiger partial charge in [-0.25, -0.2) is 16.8 Å². The van der Waals surface area contributed by atoms with Crippen molar-refractivity contribution in [3.8, 4) is 0 Å². The Morgan fingerprint density at radius 2 is 1.57 bits per heavy atom. The maximum absolute atomic E-state index is 12.1. The summed E-state index contributed by atoms with van der Waals surface area (Å²) >= 11 is 0. The Bertz CT molecular complexity index is 590. The lowest BCUT2D eigenvalue weighted by Gasteiger charge is -2.42. The molecule has 1 saturated heterocycles. The van der Waals surface area contributed by atoms with Crippen LogP contribution in [0.15, 0.2) is 0 Å². The molecule has 0 aromatic heterocycles. The summed E-state index contributed by atoms with van der Waals surface area (Å²) in [7, 11) is -6.87. The van der Waals surface area contributed by atoms with Crippen molar-refractivity contribution in [2.24, 2.45) is 5.73 Å². The highest BCUT2D eigenvalue weighted by Crippen LogP contribution is 2.18. The summed E-state index contributed by atoms with van der Waals surface area (Å²) in [5.74, 6) is -0.716. The van der Waals surface area contributed by atoms with E-state index in [1.54, 1.807) is 0 Å². The van der Waals surface area contributed by atoms with Crippen LogP contribution in [0, 0.1) is 5.41 Å². The molecule has 0 bridgehead atoms. The van der Waals surface area contributed by atoms with E-state index in [9.17, 15) is 16.8 Å². The van der Waals surface area contributed by atoms with Gasteiger partial charge in [-0.05, 0) is 13.8 Å². The number of hydrogen-bond acceptors (Lipinski definition) is 6. The van der Waals surface area contributed by atoms with Gasteiger partial charge in [0.05, 0.1) is 17.0 Å². The number of piperazine rings is 1. The van der Waals surface area contributed by atoms with E-state index < -0.39 is 25.4 Å². The van der Waals surface area contributed by atoms with E-state index in [-0.39, 0.29) is 30.4 Å². The third-order valence-corrected chi connectivity index (χ3v) is 6.87. The molecular formula is C11H24N4O4S2. The van der Waals surface area contributed by atoms with Gasteiger partial charge < -0.3 is 5.73 Å². The van der Waals surface area contributed by atoms with Crippen LogP contribution in [0.4, 0.5) is 0 Å². The zero-order chi connectivity index (χ0) is 16.5. The number of sulfonamides is 1. The number of nitrogens with zero attached hydrogens (tertiary/aromatic N) is 2. The minimum absolute atomic E-state index is 0.0379. The van der Waals surface area contributed by atoms with Gasteiger partial charge in [-0.15, -0.1) is 0 Å². The van der Waals surface area contributed by atoms with Crippen molar-refractivity contribution in [3.05, 3.63) is 0 Å². The van der Waals surface area contributed by atoms with Crippen LogP contribution in [0.25, 0.3) is 0 Å². The second kappa shape index (κ2) is 6.19. The van der Waals surface area contributed by atoms with Gasteiger partial charge >= 0.3 is 0 Å². The molecule has 0 radical (unpaired) electrons. The maximum atomic E-state index is 12.1. The first kappa shape index (κ1) is 18.3. The minimum atomic E-state index is -3.56. The van der Waals surface area contributed by atoms with E-state index in [0.29, 0.717) is 13.1 Å². The van der Waals surface area contributed by atoms with Crippen molar-refractivity contribution in [3.63, 3.8) is 0 Å². The lowest BCUT2D eigenvalue weighted by atomic mass is 10.0. The second-order valence-electron chi connectivity index (χ2n) is 5.80. The van der Waals surface area contributed by atoms with Gasteiger partial charge in [0, 0.05) is 32.4 Å². The first-order valence-electron chi connectivity index (χ1n) is 6.61. The van der Waals surface area contributed by atoms with Gasteiger partial charge in [0.1, 0.15) is 15.7 Å². The van der Waals surface area contributed by atoms with Crippen LogP contribution in [0.2, 0.25) is 0 Å². The van der Waals surface area contributed by atoms with Crippen molar-refractivity contribution in [2.75, 3.05) is 43.9 Å². The van der Waals surface area contributed by atoms with E-state index in [1.165, 1.54) is 4.31 Å². The summed E-state index contributed by atoms with van der Waals surface area (Å²) in [6, 6.07) is 0. The van der Waals surface area contributed by atoms with Crippen molar-refractivity contribution in [2.45, 2.75) is 19.4 Å². The van der Waals surface area contributed by atoms with Gasteiger partial charge in [-0.1, -0.05) is 0 Å². The van der Waals surface area contributed by atoms with E-state index in [2.05, 4.69) is 0 Å². The smallest absolute Gasteiger partial charge is 0.215 e. The van der Waals surface area contributed by atoms with E-state index in [0.717, 1.165) is 6.26 Å². The summed E-state index contributed by atoms with van der Waals surface area (Å²) in [5, 5.41) is 7.58. The van der Waals surface area contributed by atoms with Gasteiger partial charge in [0.25, 0.3) is 0 Å². The van der Waals surface area contributed by atoms with Crippen molar-refractivity contribution < 1.29 is 16.8 Å². The number of sulfone groups is 1. The zero-order valence-electron chi connectivity index (χ0n) is 12.7. The van der Waals surface area contributed by atoms with Crippen LogP contribution in [0.1, 0.15) is 13.8 Å². The van der Waals surface area contributed by atoms with Gasteiger partial charge in [0.2, 0.25) is 10.0 Å². The second-order valence-corrected chi connectivity index (χ2v) is 10.2. The van der Waals surface area contributed by atoms with Crippen LogP contribution in [-0.4, -0.2) is 81.4 Å². The SMILES string of the molecule is CC(C)(C(=N)N)N1CCN(S(=O)(=O)CCS(C)(=O)=O)CC1. The molecule has 1 heterocycles. The summed E-state index contributed by atoms with van der Waals surface area (Å²) in [6.07, 6.45) is 1.02. The molecule has 21 heavy (non-hydrogen) atoms. The van der Waals surface area contributed by atoms with Crippen LogP contribution in [-0.2, 0) is 19.9 Å². The highest BCUT2D eigenvalue weighted by Gasteiger charge is 2.35. The molecule has 0 aromatic carbocycles. The number of rotatable bonds is 6. The fourth-order valence-corrected chi connectivity index (χ4v) is 5.11. The molecule has 1 aliphatic heterocycles. The van der Waals surface area contributed by atoms with E-state index in [1.807, 2.05) is 18.7 Å². The Morgan fingerprint density at radius 1 is 1.10 bits per heavy atom. The molecule has 1 fully saturated rings. The molecule has 124 valence electrons. The van der Waals surface area contributed by atoms with Crippen molar-refractivity contribution >= 4 is 25.7 Å². The molecule has 3 N–H and O–H groups in total. The molecule has 0 atom stereocenters. The largest absolute Gasteiger partial charge is 0.386 e. The van der Waals surface area contributed by atoms with Crippen LogP contribution >= 0.6 is 0 Å². The molecule has 8 nitrogen and oxygen atoms in total. The quantitative estimate of drug-likeness (QED) is 0.457. The standard InChI is InChI=1S/C11H24N4O4S2/c1-11(2,10(12)13)14-4-6-15(7-5-14)21(18,19)9-8-20(3,16)17/h4-9H2,1-3H3,(H3,12,13). The molecule has 0 unspecified atom stereocenters. The van der Waals surface area contributed by atoms with Gasteiger partial charge in [-0.2, -0.15) is 4.31 Å². The Kier molecular flexibility index (Phi) is 5.40. The molecule has 0 spiro atoms. The summed E-state index contributed by atoms with van der Waals surface area (Å²) in [6.45, 7) is 5.13. The Morgan fingerprint density at radius 3 is 1.95 bits per heavy atom. The average molecular weight is 340 g/mol. The van der Waals surface area contributed by atoms with Crippen molar-refractivity contribution in [1.82, 2.24) is 9.21 Å². The predicted molar refractivity (Wildman–Crippen MR) is 82.6 cm³/mol. The molecule has 1 rings (SSSR count). The highest BCUT2D eigenvalue weighted by atomic mass is 32.2. The monoisotopic (exact) mass is 340 g/mol. The fraction of sp³-hybridized carbons (Fsp3) is 0.909. The van der Waals surface area contributed by atoms with Crippen LogP contribution in [0.3, 0.4) is 0 Å². The molecule has 0 saturated carbocycles. The number of nitrogens with two attached hydrogens (primary N) is 1. The van der Waals surface area contributed by atoms with Crippen LogP contribution in [0.5, 0.6) is 0 Å². The zero-order valence-corrected chi connectivity index (χ0v) is 14.3. The molecule has 0 aliphatic carbocycles. The van der Waals surface area contributed by atoms with Gasteiger partial charge in [-0.3, -0.25) is 10.3 Å². The molecule has 10 heteroatoms. The Hall–Kier alpha value is -0.710. The minimum Gasteiger partial charge on any atom is -0.386 e. The van der Waals surface area contributed by atoms with E-state index in [4.69, 9.17) is 11.1 Å². The number of amidine groups is 1. The third kappa shape index (κ3) is 4.90. The lowest BCUT2D eigenvalue weighted by Crippen LogP contribution is -2.60. The number of hydrogen-bond donors (Lipinski definition) is 2. The Labute approximate surface area is 126 Å². The lowest BCUT2D eigenvalue weighted by molar-refractivity contribution is 0.121. The van der Waals surface area contributed by atoms with Gasteiger partial charge in [0.15, 0.2) is 0 Å². The van der Waals surface area contributed by atoms with E-state index >= 15 is 0 Å². The number of nitrogens with one attached hydrogen (secondary N) is 1. The molecule has 0 aromatic rings. The predicted octanol–water partition coefficient (Wildman–Crippen LogP) is -1.31. The molecular weight excluding hydrogens is 316 g/mol. The fourth-order valence-electron chi connectivity index (χ4n) is 2.08.